The van der Waals surface area contributed by atoms with Gasteiger partial charge in [0.25, 0.3) is 11.6 Å². The third-order valence-corrected chi connectivity index (χ3v) is 7.32. The van der Waals surface area contributed by atoms with Crippen LogP contribution in [0.4, 0.5) is 5.69 Å². The largest absolute Gasteiger partial charge is 0.278 e. The fourth-order valence-electron chi connectivity index (χ4n) is 5.77. The molecular formula is C23H30N2O4. The van der Waals surface area contributed by atoms with E-state index < -0.39 is 4.92 Å². The van der Waals surface area contributed by atoms with E-state index in [1.165, 1.54) is 87.3 Å². The summed E-state index contributed by atoms with van der Waals surface area (Å²) in [5.41, 5.74) is 0.860. The van der Waals surface area contributed by atoms with Gasteiger partial charge in [0.2, 0.25) is 5.91 Å². The van der Waals surface area contributed by atoms with Crippen molar-refractivity contribution in [3.8, 4) is 0 Å². The lowest BCUT2D eigenvalue weighted by Crippen LogP contribution is -2.47. The number of fused-ring (bicyclic) bond motifs is 1. The van der Waals surface area contributed by atoms with E-state index >= 15 is 0 Å². The minimum Gasteiger partial charge on any atom is -0.278 e. The van der Waals surface area contributed by atoms with Gasteiger partial charge in [-0.1, -0.05) is 64.2 Å². The molecule has 156 valence electrons. The lowest BCUT2D eigenvalue weighted by molar-refractivity contribution is -0.384. The fraction of sp³-hybridized carbons (Fsp3) is 0.652. The summed E-state index contributed by atoms with van der Waals surface area (Å²) in [6, 6.07) is 4.26. The van der Waals surface area contributed by atoms with Crippen LogP contribution in [-0.4, -0.2) is 28.2 Å². The van der Waals surface area contributed by atoms with E-state index in [0.717, 1.165) is 0 Å². The Bertz CT molecular complexity index is 776. The van der Waals surface area contributed by atoms with Gasteiger partial charge in [0, 0.05) is 24.2 Å². The van der Waals surface area contributed by atoms with Crippen LogP contribution in [0.25, 0.3) is 0 Å². The number of amides is 2. The summed E-state index contributed by atoms with van der Waals surface area (Å²) in [5.74, 6) is 1.11. The molecule has 6 heteroatoms. The first-order chi connectivity index (χ1) is 14.0. The highest BCUT2D eigenvalue weighted by molar-refractivity contribution is 6.09. The molecule has 0 atom stereocenters. The predicted octanol–water partition coefficient (Wildman–Crippen LogP) is 4.90. The number of rotatable bonds is 5. The highest BCUT2D eigenvalue weighted by Gasteiger charge is 2.38. The SMILES string of the molecule is O=C1Cc2cc([N+](=O)[O-])ccc2C(=O)N1CC(C1CCCCC1)C1CCCCC1. The van der Waals surface area contributed by atoms with Gasteiger partial charge in [-0.3, -0.25) is 24.6 Å². The summed E-state index contributed by atoms with van der Waals surface area (Å²) in [7, 11) is 0. The number of imide groups is 1. The Morgan fingerprint density at radius 2 is 1.55 bits per heavy atom. The van der Waals surface area contributed by atoms with Crippen LogP contribution in [0.1, 0.15) is 80.1 Å². The number of non-ortho nitro benzene ring substituents is 1. The van der Waals surface area contributed by atoms with Gasteiger partial charge in [-0.15, -0.1) is 0 Å². The van der Waals surface area contributed by atoms with Crippen LogP contribution in [0.2, 0.25) is 0 Å². The Hall–Kier alpha value is -2.24. The number of nitro groups is 1. The van der Waals surface area contributed by atoms with Gasteiger partial charge < -0.3 is 0 Å². The molecule has 0 bridgehead atoms. The second-order valence-corrected chi connectivity index (χ2v) is 9.04. The van der Waals surface area contributed by atoms with E-state index in [2.05, 4.69) is 0 Å². The molecule has 2 saturated carbocycles. The number of hydrogen-bond donors (Lipinski definition) is 0. The molecule has 0 unspecified atom stereocenters. The van der Waals surface area contributed by atoms with Crippen molar-refractivity contribution in [3.05, 3.63) is 39.4 Å². The third-order valence-electron chi connectivity index (χ3n) is 7.32. The molecule has 1 aliphatic heterocycles. The van der Waals surface area contributed by atoms with Gasteiger partial charge in [0.1, 0.15) is 0 Å². The molecule has 6 nitrogen and oxygen atoms in total. The molecule has 1 aromatic carbocycles. The zero-order chi connectivity index (χ0) is 20.4. The standard InChI is InChI=1S/C23H30N2O4/c26-22-14-18-13-19(25(28)29)11-12-20(18)23(27)24(22)15-21(16-7-3-1-4-8-16)17-9-5-2-6-10-17/h11-13,16-17,21H,1-10,14-15H2. The summed E-state index contributed by atoms with van der Waals surface area (Å²) >= 11 is 0. The molecule has 1 heterocycles. The Morgan fingerprint density at radius 1 is 0.966 bits per heavy atom. The molecule has 2 fully saturated rings. The van der Waals surface area contributed by atoms with E-state index in [1.54, 1.807) is 0 Å². The van der Waals surface area contributed by atoms with Crippen LogP contribution >= 0.6 is 0 Å². The van der Waals surface area contributed by atoms with Crippen LogP contribution < -0.4 is 0 Å². The van der Waals surface area contributed by atoms with E-state index in [-0.39, 0.29) is 23.9 Å². The van der Waals surface area contributed by atoms with Gasteiger partial charge in [0.05, 0.1) is 11.3 Å². The van der Waals surface area contributed by atoms with Gasteiger partial charge in [-0.25, -0.2) is 0 Å². The molecule has 3 aliphatic rings. The fourth-order valence-corrected chi connectivity index (χ4v) is 5.77. The molecule has 2 amide bonds. The van der Waals surface area contributed by atoms with E-state index in [4.69, 9.17) is 0 Å². The molecule has 0 aromatic heterocycles. The molecule has 0 saturated heterocycles. The van der Waals surface area contributed by atoms with Crippen molar-refractivity contribution in [3.63, 3.8) is 0 Å². The lowest BCUT2D eigenvalue weighted by Gasteiger charge is -2.41. The van der Waals surface area contributed by atoms with E-state index in [1.807, 2.05) is 0 Å². The summed E-state index contributed by atoms with van der Waals surface area (Å²) in [5, 5.41) is 11.0. The Kier molecular flexibility index (Phi) is 5.97. The number of carbonyl (C=O) groups excluding carboxylic acids is 2. The Balaban J connectivity index is 1.57. The van der Waals surface area contributed by atoms with Crippen molar-refractivity contribution in [2.75, 3.05) is 6.54 Å². The molecule has 1 aromatic rings. The average Bonchev–Trinajstić information content (AvgIpc) is 2.74. The zero-order valence-electron chi connectivity index (χ0n) is 17.0. The lowest BCUT2D eigenvalue weighted by atomic mass is 9.69. The van der Waals surface area contributed by atoms with Crippen molar-refractivity contribution >= 4 is 17.5 Å². The van der Waals surface area contributed by atoms with Gasteiger partial charge in [-0.2, -0.15) is 0 Å². The maximum Gasteiger partial charge on any atom is 0.269 e. The van der Waals surface area contributed by atoms with Crippen LogP contribution in [0, 0.1) is 27.9 Å². The molecular weight excluding hydrogens is 368 g/mol. The predicted molar refractivity (Wildman–Crippen MR) is 109 cm³/mol. The number of benzene rings is 1. The highest BCUT2D eigenvalue weighted by Crippen LogP contribution is 2.41. The van der Waals surface area contributed by atoms with Crippen LogP contribution in [0.5, 0.6) is 0 Å². The summed E-state index contributed by atoms with van der Waals surface area (Å²) in [6.45, 7) is 0.517. The number of nitrogens with zero attached hydrogens (tertiary/aromatic N) is 2. The Morgan fingerprint density at radius 3 is 2.10 bits per heavy atom. The van der Waals surface area contributed by atoms with Gasteiger partial charge >= 0.3 is 0 Å². The van der Waals surface area contributed by atoms with Crippen molar-refractivity contribution in [1.29, 1.82) is 0 Å². The minimum absolute atomic E-state index is 0.0694. The van der Waals surface area contributed by atoms with E-state index in [9.17, 15) is 19.7 Å². The summed E-state index contributed by atoms with van der Waals surface area (Å²) < 4.78 is 0. The highest BCUT2D eigenvalue weighted by atomic mass is 16.6. The van der Waals surface area contributed by atoms with Crippen LogP contribution in [0.3, 0.4) is 0 Å². The van der Waals surface area contributed by atoms with Crippen molar-refractivity contribution in [1.82, 2.24) is 4.90 Å². The molecule has 2 aliphatic carbocycles. The number of carbonyl (C=O) groups is 2. The molecule has 4 rings (SSSR count). The zero-order valence-corrected chi connectivity index (χ0v) is 17.0. The molecule has 0 N–H and O–H groups in total. The summed E-state index contributed by atoms with van der Waals surface area (Å²) in [6.07, 6.45) is 12.5. The van der Waals surface area contributed by atoms with E-state index in [0.29, 0.717) is 35.4 Å². The second-order valence-electron chi connectivity index (χ2n) is 9.04. The van der Waals surface area contributed by atoms with Crippen molar-refractivity contribution in [2.45, 2.75) is 70.6 Å². The minimum atomic E-state index is -0.482. The van der Waals surface area contributed by atoms with Crippen LogP contribution in [-0.2, 0) is 11.2 Å². The number of hydrogen-bond acceptors (Lipinski definition) is 4. The maximum absolute atomic E-state index is 13.1. The first-order valence-electron chi connectivity index (χ1n) is 11.2. The molecule has 0 radical (unpaired) electrons. The maximum atomic E-state index is 13.1. The molecule has 29 heavy (non-hydrogen) atoms. The quantitative estimate of drug-likeness (QED) is 0.401. The smallest absolute Gasteiger partial charge is 0.269 e. The van der Waals surface area contributed by atoms with Crippen molar-refractivity contribution in [2.24, 2.45) is 17.8 Å². The first-order valence-corrected chi connectivity index (χ1v) is 11.2. The van der Waals surface area contributed by atoms with Crippen LogP contribution in [0.15, 0.2) is 18.2 Å². The van der Waals surface area contributed by atoms with Gasteiger partial charge in [-0.05, 0) is 29.4 Å². The monoisotopic (exact) mass is 398 g/mol. The Labute approximate surface area is 171 Å². The average molecular weight is 399 g/mol. The third kappa shape index (κ3) is 4.21. The topological polar surface area (TPSA) is 80.5 Å². The molecule has 0 spiro atoms. The van der Waals surface area contributed by atoms with Crippen molar-refractivity contribution < 1.29 is 14.5 Å². The number of nitro benzene ring substituents is 1. The second kappa shape index (κ2) is 8.64. The normalized spacial score (nSPS) is 21.5. The summed E-state index contributed by atoms with van der Waals surface area (Å²) in [4.78, 5) is 38.0. The van der Waals surface area contributed by atoms with Gasteiger partial charge in [0.15, 0.2) is 0 Å². The first kappa shape index (κ1) is 20.0.